The smallest absolute Gasteiger partial charge is 0.225 e. The van der Waals surface area contributed by atoms with E-state index in [2.05, 4.69) is 4.72 Å². The number of benzene rings is 1. The van der Waals surface area contributed by atoms with Gasteiger partial charge < -0.3 is 0 Å². The average Bonchev–Trinajstić information content (AvgIpc) is 2.34. The Morgan fingerprint density at radius 2 is 1.86 bits per heavy atom. The predicted octanol–water partition coefficient (Wildman–Crippen LogP) is -0.0651. The molecule has 0 bridgehead atoms. The zero-order chi connectivity index (χ0) is 15.8. The monoisotopic (exact) mass is 333 g/mol. The van der Waals surface area contributed by atoms with Gasteiger partial charge in [-0.05, 0) is 43.5 Å². The van der Waals surface area contributed by atoms with E-state index in [1.54, 1.807) is 19.9 Å². The molecule has 9 heteroatoms. The van der Waals surface area contributed by atoms with E-state index >= 15 is 0 Å². The highest BCUT2D eigenvalue weighted by Gasteiger charge is 2.27. The maximum Gasteiger partial charge on any atom is 0.279 e. The number of primary sulfonamides is 1. The molecule has 1 aromatic rings. The Morgan fingerprint density at radius 3 is 2.43 bits per heavy atom. The molecule has 7 nitrogen and oxygen atoms in total. The third-order valence-electron chi connectivity index (χ3n) is 3.21. The van der Waals surface area contributed by atoms with Crippen molar-refractivity contribution in [2.45, 2.75) is 37.8 Å². The van der Waals surface area contributed by atoms with Gasteiger partial charge in [-0.1, -0.05) is 6.07 Å². The number of hydrogen-bond acceptors (Lipinski definition) is 4. The summed E-state index contributed by atoms with van der Waals surface area (Å²) in [6, 6.07) is 4.38. The van der Waals surface area contributed by atoms with Crippen LogP contribution >= 0.6 is 0 Å². The minimum Gasteiger partial charge on any atom is -0.225 e. The Hall–Kier alpha value is -1.00. The highest BCUT2D eigenvalue weighted by molar-refractivity contribution is 7.89. The fraction of sp³-hybridized carbons (Fsp3) is 0.500. The Bertz CT molecular complexity index is 742. The van der Waals surface area contributed by atoms with Crippen LogP contribution < -0.4 is 9.86 Å². The molecule has 0 fully saturated rings. The van der Waals surface area contributed by atoms with Gasteiger partial charge in [-0.2, -0.15) is 17.4 Å². The number of nitrogens with one attached hydrogen (secondary N) is 1. The van der Waals surface area contributed by atoms with Gasteiger partial charge in [0.25, 0.3) is 10.2 Å². The topological polar surface area (TPSA) is 110 Å². The zero-order valence-corrected chi connectivity index (χ0v) is 13.5. The first-order valence-corrected chi connectivity index (χ1v) is 9.50. The third-order valence-corrected chi connectivity index (χ3v) is 5.88. The summed E-state index contributed by atoms with van der Waals surface area (Å²) in [4.78, 5) is -0.00248. The second-order valence-corrected chi connectivity index (χ2v) is 8.60. The van der Waals surface area contributed by atoms with E-state index < -0.39 is 20.2 Å². The first kappa shape index (κ1) is 16.4. The van der Waals surface area contributed by atoms with Crippen LogP contribution in [0.2, 0.25) is 0 Å². The first-order chi connectivity index (χ1) is 9.59. The zero-order valence-electron chi connectivity index (χ0n) is 11.9. The first-order valence-electron chi connectivity index (χ1n) is 6.51. The molecule has 0 unspecified atom stereocenters. The lowest BCUT2D eigenvalue weighted by Gasteiger charge is -2.29. The summed E-state index contributed by atoms with van der Waals surface area (Å²) < 4.78 is 50.9. The van der Waals surface area contributed by atoms with E-state index in [-0.39, 0.29) is 17.5 Å². The van der Waals surface area contributed by atoms with Crippen molar-refractivity contribution < 1.29 is 16.8 Å². The summed E-state index contributed by atoms with van der Waals surface area (Å²) in [6.07, 6.45) is 0.541. The Kier molecular flexibility index (Phi) is 4.41. The van der Waals surface area contributed by atoms with Crippen LogP contribution in [0.5, 0.6) is 0 Å². The van der Waals surface area contributed by atoms with E-state index in [9.17, 15) is 16.8 Å². The van der Waals surface area contributed by atoms with Gasteiger partial charge >= 0.3 is 0 Å². The SMILES string of the molecule is CC(C)NS(=O)(=O)N1CCc2ccc(S(N)(=O)=O)cc2C1. The molecule has 1 aliphatic heterocycles. The fourth-order valence-corrected chi connectivity index (χ4v) is 4.21. The summed E-state index contributed by atoms with van der Waals surface area (Å²) >= 11 is 0. The number of nitrogens with two attached hydrogens (primary N) is 1. The van der Waals surface area contributed by atoms with Crippen LogP contribution in [0, 0.1) is 0 Å². The normalized spacial score (nSPS) is 17.0. The molecule has 0 amide bonds. The predicted molar refractivity (Wildman–Crippen MR) is 79.1 cm³/mol. The Morgan fingerprint density at radius 1 is 1.19 bits per heavy atom. The second-order valence-electron chi connectivity index (χ2n) is 5.34. The number of sulfonamides is 1. The largest absolute Gasteiger partial charge is 0.279 e. The summed E-state index contributed by atoms with van der Waals surface area (Å²) in [5, 5.41) is 5.10. The lowest BCUT2D eigenvalue weighted by Crippen LogP contribution is -2.45. The van der Waals surface area contributed by atoms with Gasteiger partial charge in [-0.3, -0.25) is 0 Å². The van der Waals surface area contributed by atoms with E-state index in [1.807, 2.05) is 0 Å². The second kappa shape index (κ2) is 5.65. The molecular weight excluding hydrogens is 314 g/mol. The molecule has 21 heavy (non-hydrogen) atoms. The number of rotatable bonds is 4. The van der Waals surface area contributed by atoms with Gasteiger partial charge in [0, 0.05) is 19.1 Å². The molecule has 0 spiro atoms. The summed E-state index contributed by atoms with van der Waals surface area (Å²) in [5.74, 6) is 0. The molecule has 3 N–H and O–H groups in total. The molecule has 2 rings (SSSR count). The van der Waals surface area contributed by atoms with Crippen LogP contribution in [-0.2, 0) is 33.2 Å². The highest BCUT2D eigenvalue weighted by atomic mass is 32.2. The standard InChI is InChI=1S/C12H19N3O4S2/c1-9(2)14-21(18,19)15-6-5-10-3-4-12(20(13,16)17)7-11(10)8-15/h3-4,7,9,14H,5-6,8H2,1-2H3,(H2,13,16,17). The van der Waals surface area contributed by atoms with Crippen molar-refractivity contribution in [3.8, 4) is 0 Å². The summed E-state index contributed by atoms with van der Waals surface area (Å²) in [6.45, 7) is 3.99. The lowest BCUT2D eigenvalue weighted by atomic mass is 10.0. The van der Waals surface area contributed by atoms with Crippen LogP contribution in [0.1, 0.15) is 25.0 Å². The Balaban J connectivity index is 2.31. The van der Waals surface area contributed by atoms with Crippen LogP contribution in [-0.4, -0.2) is 33.7 Å². The minimum atomic E-state index is -3.79. The maximum atomic E-state index is 12.2. The molecule has 0 radical (unpaired) electrons. The van der Waals surface area contributed by atoms with Crippen LogP contribution in [0.25, 0.3) is 0 Å². The van der Waals surface area contributed by atoms with Gasteiger partial charge in [-0.25, -0.2) is 13.6 Å². The molecule has 0 saturated carbocycles. The van der Waals surface area contributed by atoms with Crippen molar-refractivity contribution in [1.29, 1.82) is 0 Å². The summed E-state index contributed by atoms with van der Waals surface area (Å²) in [5.41, 5.74) is 1.61. The van der Waals surface area contributed by atoms with Gasteiger partial charge in [0.2, 0.25) is 10.0 Å². The number of fused-ring (bicyclic) bond motifs is 1. The van der Waals surface area contributed by atoms with E-state index in [0.717, 1.165) is 5.56 Å². The molecule has 1 aliphatic rings. The lowest BCUT2D eigenvalue weighted by molar-refractivity contribution is 0.380. The van der Waals surface area contributed by atoms with Gasteiger partial charge in [-0.15, -0.1) is 0 Å². The van der Waals surface area contributed by atoms with Crippen LogP contribution in [0.4, 0.5) is 0 Å². The number of nitrogens with zero attached hydrogens (tertiary/aromatic N) is 1. The minimum absolute atomic E-state index is 0.00248. The van der Waals surface area contributed by atoms with Gasteiger partial charge in [0.1, 0.15) is 0 Å². The molecule has 0 aromatic heterocycles. The molecule has 0 atom stereocenters. The van der Waals surface area contributed by atoms with E-state index in [4.69, 9.17) is 5.14 Å². The van der Waals surface area contributed by atoms with Crippen LogP contribution in [0.3, 0.4) is 0 Å². The van der Waals surface area contributed by atoms with Crippen LogP contribution in [0.15, 0.2) is 23.1 Å². The van der Waals surface area contributed by atoms with Crippen molar-refractivity contribution >= 4 is 20.2 Å². The average molecular weight is 333 g/mol. The van der Waals surface area contributed by atoms with Crippen molar-refractivity contribution in [1.82, 2.24) is 9.03 Å². The molecule has 0 saturated heterocycles. The molecule has 1 heterocycles. The van der Waals surface area contributed by atoms with E-state index in [1.165, 1.54) is 16.4 Å². The molecule has 118 valence electrons. The van der Waals surface area contributed by atoms with Crippen molar-refractivity contribution in [2.75, 3.05) is 6.54 Å². The highest BCUT2D eigenvalue weighted by Crippen LogP contribution is 2.23. The summed E-state index contributed by atoms with van der Waals surface area (Å²) in [7, 11) is -7.36. The van der Waals surface area contributed by atoms with Gasteiger partial charge in [0.15, 0.2) is 0 Å². The quantitative estimate of drug-likeness (QED) is 0.804. The van der Waals surface area contributed by atoms with Crippen molar-refractivity contribution in [3.05, 3.63) is 29.3 Å². The molecular formula is C12H19N3O4S2. The van der Waals surface area contributed by atoms with Crippen molar-refractivity contribution in [2.24, 2.45) is 5.14 Å². The molecule has 1 aromatic carbocycles. The van der Waals surface area contributed by atoms with Gasteiger partial charge in [0.05, 0.1) is 4.90 Å². The number of hydrogen-bond donors (Lipinski definition) is 2. The Labute approximate surface area is 125 Å². The van der Waals surface area contributed by atoms with E-state index in [0.29, 0.717) is 18.5 Å². The van der Waals surface area contributed by atoms with Crippen molar-refractivity contribution in [3.63, 3.8) is 0 Å². The molecule has 0 aliphatic carbocycles. The third kappa shape index (κ3) is 3.80. The maximum absolute atomic E-state index is 12.2. The fourth-order valence-electron chi connectivity index (χ4n) is 2.26.